The van der Waals surface area contributed by atoms with Crippen LogP contribution in [0.5, 0.6) is 0 Å². The lowest BCUT2D eigenvalue weighted by Crippen LogP contribution is -2.06. The van der Waals surface area contributed by atoms with Crippen LogP contribution in [0.1, 0.15) is 16.8 Å². The number of halogens is 1. The van der Waals surface area contributed by atoms with Crippen LogP contribution in [-0.4, -0.2) is 23.9 Å². The molecular formula is C13H12ClNO3. The number of aromatic nitrogens is 1. The molecule has 4 nitrogen and oxygen atoms in total. The van der Waals surface area contributed by atoms with E-state index in [2.05, 4.69) is 4.74 Å². The largest absolute Gasteiger partial charge is 0.469 e. The summed E-state index contributed by atoms with van der Waals surface area (Å²) < 4.78 is 6.43. The summed E-state index contributed by atoms with van der Waals surface area (Å²) in [6.07, 6.45) is 2.77. The van der Waals surface area contributed by atoms with Crippen LogP contribution in [0.15, 0.2) is 24.4 Å². The van der Waals surface area contributed by atoms with Gasteiger partial charge >= 0.3 is 5.97 Å². The maximum atomic E-state index is 11.1. The zero-order valence-electron chi connectivity index (χ0n) is 9.85. The number of nitrogens with zero attached hydrogens (tertiary/aromatic N) is 1. The minimum Gasteiger partial charge on any atom is -0.469 e. The van der Waals surface area contributed by atoms with Crippen molar-refractivity contribution in [2.75, 3.05) is 7.11 Å². The molecule has 0 spiro atoms. The van der Waals surface area contributed by atoms with Crippen molar-refractivity contribution in [1.29, 1.82) is 0 Å². The lowest BCUT2D eigenvalue weighted by atomic mass is 10.2. The lowest BCUT2D eigenvalue weighted by molar-refractivity contribution is -0.140. The van der Waals surface area contributed by atoms with Gasteiger partial charge in [-0.15, -0.1) is 0 Å². The first-order chi connectivity index (χ1) is 8.65. The van der Waals surface area contributed by atoms with Gasteiger partial charge in [-0.25, -0.2) is 0 Å². The number of ether oxygens (including phenoxy) is 1. The number of esters is 1. The lowest BCUT2D eigenvalue weighted by Gasteiger charge is -2.04. The predicted molar refractivity (Wildman–Crippen MR) is 69.0 cm³/mol. The molecule has 94 valence electrons. The molecule has 5 heteroatoms. The molecule has 0 atom stereocenters. The quantitative estimate of drug-likeness (QED) is 0.631. The summed E-state index contributed by atoms with van der Waals surface area (Å²) in [5.74, 6) is -0.286. The number of benzene rings is 1. The molecule has 0 N–H and O–H groups in total. The zero-order chi connectivity index (χ0) is 13.1. The first kappa shape index (κ1) is 12.6. The van der Waals surface area contributed by atoms with Gasteiger partial charge in [-0.1, -0.05) is 17.7 Å². The van der Waals surface area contributed by atoms with Gasteiger partial charge in [0.1, 0.15) is 0 Å². The molecule has 0 aliphatic rings. The Morgan fingerprint density at radius 1 is 1.50 bits per heavy atom. The highest BCUT2D eigenvalue weighted by Crippen LogP contribution is 2.24. The van der Waals surface area contributed by atoms with Crippen molar-refractivity contribution >= 4 is 34.8 Å². The summed E-state index contributed by atoms with van der Waals surface area (Å²) in [7, 11) is 1.35. The third-order valence-corrected chi connectivity index (χ3v) is 3.02. The fourth-order valence-corrected chi connectivity index (χ4v) is 2.05. The van der Waals surface area contributed by atoms with E-state index in [1.165, 1.54) is 7.11 Å². The molecule has 1 heterocycles. The first-order valence-electron chi connectivity index (χ1n) is 5.46. The van der Waals surface area contributed by atoms with Crippen LogP contribution in [0, 0.1) is 0 Å². The van der Waals surface area contributed by atoms with Crippen molar-refractivity contribution in [2.45, 2.75) is 13.0 Å². The summed E-state index contributed by atoms with van der Waals surface area (Å²) in [5, 5.41) is 1.43. The van der Waals surface area contributed by atoms with E-state index in [-0.39, 0.29) is 12.4 Å². The Labute approximate surface area is 109 Å². The Hall–Kier alpha value is -1.81. The van der Waals surface area contributed by atoms with Crippen molar-refractivity contribution in [2.24, 2.45) is 0 Å². The van der Waals surface area contributed by atoms with Crippen molar-refractivity contribution in [3.8, 4) is 0 Å². The monoisotopic (exact) mass is 265 g/mol. The third kappa shape index (κ3) is 2.38. The van der Waals surface area contributed by atoms with E-state index in [9.17, 15) is 9.59 Å². The highest BCUT2D eigenvalue weighted by atomic mass is 35.5. The number of aryl methyl sites for hydroxylation is 1. The maximum Gasteiger partial charge on any atom is 0.307 e. The summed E-state index contributed by atoms with van der Waals surface area (Å²) in [5.41, 5.74) is 1.43. The van der Waals surface area contributed by atoms with Gasteiger partial charge in [0.2, 0.25) is 0 Å². The van der Waals surface area contributed by atoms with Gasteiger partial charge in [-0.3, -0.25) is 9.59 Å². The van der Waals surface area contributed by atoms with E-state index < -0.39 is 0 Å². The average Bonchev–Trinajstić information content (AvgIpc) is 2.73. The van der Waals surface area contributed by atoms with E-state index in [0.717, 1.165) is 17.2 Å². The molecule has 0 unspecified atom stereocenters. The summed E-state index contributed by atoms with van der Waals surface area (Å²) in [6.45, 7) is 0.456. The van der Waals surface area contributed by atoms with Crippen LogP contribution in [0.25, 0.3) is 10.9 Å². The number of hydrogen-bond donors (Lipinski definition) is 0. The molecule has 0 aliphatic heterocycles. The normalized spacial score (nSPS) is 10.6. The molecule has 2 rings (SSSR count). The molecule has 1 aromatic heterocycles. The van der Waals surface area contributed by atoms with Crippen LogP contribution < -0.4 is 0 Å². The van der Waals surface area contributed by atoms with Crippen molar-refractivity contribution in [1.82, 2.24) is 4.57 Å². The number of aldehydes is 1. The first-order valence-corrected chi connectivity index (χ1v) is 5.84. The molecule has 0 aliphatic carbocycles. The molecule has 0 fully saturated rings. The number of carbonyl (C=O) groups excluding carboxylic acids is 2. The Bertz CT molecular complexity index is 604. The minimum atomic E-state index is -0.286. The van der Waals surface area contributed by atoms with Crippen LogP contribution in [-0.2, 0) is 16.1 Å². The zero-order valence-corrected chi connectivity index (χ0v) is 10.6. The fourth-order valence-electron chi connectivity index (χ4n) is 1.89. The number of hydrogen-bond acceptors (Lipinski definition) is 3. The molecule has 0 radical (unpaired) electrons. The van der Waals surface area contributed by atoms with Crippen LogP contribution in [0.3, 0.4) is 0 Å². The van der Waals surface area contributed by atoms with E-state index in [0.29, 0.717) is 17.1 Å². The Morgan fingerprint density at radius 2 is 2.28 bits per heavy atom. The van der Waals surface area contributed by atoms with E-state index >= 15 is 0 Å². The van der Waals surface area contributed by atoms with Gasteiger partial charge in [-0.2, -0.15) is 0 Å². The maximum absolute atomic E-state index is 11.1. The third-order valence-electron chi connectivity index (χ3n) is 2.79. The second-order valence-electron chi connectivity index (χ2n) is 3.88. The number of carbonyl (C=O) groups is 2. The van der Waals surface area contributed by atoms with Gasteiger partial charge in [0.05, 0.1) is 19.0 Å². The van der Waals surface area contributed by atoms with Gasteiger partial charge in [0, 0.05) is 28.7 Å². The highest BCUT2D eigenvalue weighted by molar-refractivity contribution is 6.31. The number of fused-ring (bicyclic) bond motifs is 1. The van der Waals surface area contributed by atoms with Crippen molar-refractivity contribution < 1.29 is 14.3 Å². The van der Waals surface area contributed by atoms with E-state index in [1.54, 1.807) is 24.4 Å². The average molecular weight is 266 g/mol. The molecule has 2 aromatic rings. The number of methoxy groups -OCH3 is 1. The summed E-state index contributed by atoms with van der Waals surface area (Å²) in [6, 6.07) is 5.32. The predicted octanol–water partition coefficient (Wildman–Crippen LogP) is 2.67. The van der Waals surface area contributed by atoms with Gasteiger partial charge < -0.3 is 9.30 Å². The topological polar surface area (TPSA) is 48.3 Å². The Kier molecular flexibility index (Phi) is 3.67. The second-order valence-corrected chi connectivity index (χ2v) is 4.32. The van der Waals surface area contributed by atoms with Gasteiger partial charge in [0.15, 0.2) is 6.29 Å². The summed E-state index contributed by atoms with van der Waals surface area (Å²) in [4.78, 5) is 22.1. The standard InChI is InChI=1S/C13H12ClNO3/c1-18-13(17)4-5-15-7-9(8-16)11-3-2-10(14)6-12(11)15/h2-3,6-8H,4-5H2,1H3. The minimum absolute atomic E-state index is 0.255. The van der Waals surface area contributed by atoms with Crippen LogP contribution in [0.2, 0.25) is 5.02 Å². The molecule has 0 saturated carbocycles. The van der Waals surface area contributed by atoms with Crippen molar-refractivity contribution in [3.05, 3.63) is 35.0 Å². The molecular weight excluding hydrogens is 254 g/mol. The van der Waals surface area contributed by atoms with E-state index in [1.807, 2.05) is 4.57 Å². The number of rotatable bonds is 4. The van der Waals surface area contributed by atoms with Gasteiger partial charge in [-0.05, 0) is 12.1 Å². The molecule has 0 amide bonds. The second kappa shape index (κ2) is 5.23. The van der Waals surface area contributed by atoms with Gasteiger partial charge in [0.25, 0.3) is 0 Å². The Balaban J connectivity index is 2.40. The van der Waals surface area contributed by atoms with Crippen LogP contribution >= 0.6 is 11.6 Å². The summed E-state index contributed by atoms with van der Waals surface area (Å²) >= 11 is 5.94. The Morgan fingerprint density at radius 3 is 2.94 bits per heavy atom. The SMILES string of the molecule is COC(=O)CCn1cc(C=O)c2ccc(Cl)cc21. The van der Waals surface area contributed by atoms with Crippen LogP contribution in [0.4, 0.5) is 0 Å². The fraction of sp³-hybridized carbons (Fsp3) is 0.231. The molecule has 0 bridgehead atoms. The highest BCUT2D eigenvalue weighted by Gasteiger charge is 2.09. The van der Waals surface area contributed by atoms with E-state index in [4.69, 9.17) is 11.6 Å². The van der Waals surface area contributed by atoms with Crippen molar-refractivity contribution in [3.63, 3.8) is 0 Å². The molecule has 18 heavy (non-hydrogen) atoms. The smallest absolute Gasteiger partial charge is 0.307 e. The molecule has 0 saturated heterocycles. The molecule has 1 aromatic carbocycles.